The summed E-state index contributed by atoms with van der Waals surface area (Å²) in [7, 11) is 3.75. The monoisotopic (exact) mass is 356 g/mol. The van der Waals surface area contributed by atoms with Crippen LogP contribution in [0.1, 0.15) is 48.0 Å². The number of amides is 2. The van der Waals surface area contributed by atoms with E-state index in [-0.39, 0.29) is 23.8 Å². The minimum atomic E-state index is -0.140. The third kappa shape index (κ3) is 3.00. The molecule has 0 unspecified atom stereocenters. The lowest BCUT2D eigenvalue weighted by Crippen LogP contribution is -2.48. The number of likely N-dealkylation sites (tertiary alicyclic amines) is 1. The van der Waals surface area contributed by atoms with Crippen LogP contribution >= 0.6 is 0 Å². The van der Waals surface area contributed by atoms with Crippen LogP contribution in [0.25, 0.3) is 0 Å². The van der Waals surface area contributed by atoms with Crippen LogP contribution in [0.5, 0.6) is 0 Å². The maximum absolute atomic E-state index is 12.6. The summed E-state index contributed by atoms with van der Waals surface area (Å²) in [6, 6.07) is 0.232. The van der Waals surface area contributed by atoms with Crippen LogP contribution in [0.2, 0.25) is 0 Å². The van der Waals surface area contributed by atoms with E-state index >= 15 is 0 Å². The van der Waals surface area contributed by atoms with Crippen LogP contribution in [0.15, 0.2) is 24.9 Å². The Morgan fingerprint density at radius 3 is 2.69 bits per heavy atom. The summed E-state index contributed by atoms with van der Waals surface area (Å²) in [5.74, 6) is 1.10. The average molecular weight is 356 g/mol. The second-order valence-corrected chi connectivity index (χ2v) is 7.27. The molecule has 0 radical (unpaired) electrons. The molecule has 3 heterocycles. The fraction of sp³-hybridized carbons (Fsp3) is 0.556. The van der Waals surface area contributed by atoms with Gasteiger partial charge in [-0.2, -0.15) is 0 Å². The summed E-state index contributed by atoms with van der Waals surface area (Å²) in [5.41, 5.74) is 0.532. The molecule has 8 heteroatoms. The van der Waals surface area contributed by atoms with Crippen molar-refractivity contribution < 1.29 is 9.59 Å². The van der Waals surface area contributed by atoms with Crippen LogP contribution in [-0.4, -0.2) is 48.4 Å². The summed E-state index contributed by atoms with van der Waals surface area (Å²) in [4.78, 5) is 35.6. The first-order chi connectivity index (χ1) is 12.6. The fourth-order valence-electron chi connectivity index (χ4n) is 3.86. The van der Waals surface area contributed by atoms with Gasteiger partial charge in [-0.3, -0.25) is 9.59 Å². The summed E-state index contributed by atoms with van der Waals surface area (Å²) in [5, 5.41) is 3.03. The molecule has 1 aliphatic carbocycles. The largest absolute Gasteiger partial charge is 0.350 e. The van der Waals surface area contributed by atoms with Gasteiger partial charge in [0.05, 0.1) is 18.6 Å². The molecule has 2 amide bonds. The molecule has 0 aromatic carbocycles. The molecule has 8 nitrogen and oxygen atoms in total. The number of imidazole rings is 2. The van der Waals surface area contributed by atoms with Gasteiger partial charge in [0.2, 0.25) is 5.91 Å². The summed E-state index contributed by atoms with van der Waals surface area (Å²) >= 11 is 0. The van der Waals surface area contributed by atoms with E-state index in [9.17, 15) is 9.59 Å². The highest BCUT2D eigenvalue weighted by molar-refractivity contribution is 5.92. The van der Waals surface area contributed by atoms with Crippen molar-refractivity contribution >= 4 is 11.8 Å². The van der Waals surface area contributed by atoms with Crippen molar-refractivity contribution in [3.8, 4) is 0 Å². The summed E-state index contributed by atoms with van der Waals surface area (Å²) < 4.78 is 3.68. The maximum atomic E-state index is 12.6. The van der Waals surface area contributed by atoms with Gasteiger partial charge >= 0.3 is 0 Å². The van der Waals surface area contributed by atoms with Gasteiger partial charge in [0.1, 0.15) is 11.5 Å². The lowest BCUT2D eigenvalue weighted by atomic mass is 9.87. The summed E-state index contributed by atoms with van der Waals surface area (Å²) in [6.45, 7) is 0.512. The Morgan fingerprint density at radius 1 is 1.27 bits per heavy atom. The minimum absolute atomic E-state index is 0.0874. The number of hydrogen-bond donors (Lipinski definition) is 1. The number of nitrogens with one attached hydrogen (secondary N) is 1. The van der Waals surface area contributed by atoms with E-state index in [0.29, 0.717) is 24.7 Å². The number of hydrogen-bond acceptors (Lipinski definition) is 4. The van der Waals surface area contributed by atoms with E-state index in [1.54, 1.807) is 30.3 Å². The summed E-state index contributed by atoms with van der Waals surface area (Å²) in [6.07, 6.45) is 10.2. The normalized spacial score (nSPS) is 23.3. The Balaban J connectivity index is 1.55. The molecule has 26 heavy (non-hydrogen) atoms. The molecule has 1 N–H and O–H groups in total. The lowest BCUT2D eigenvalue weighted by Gasteiger charge is -2.41. The van der Waals surface area contributed by atoms with Crippen molar-refractivity contribution in [3.05, 3.63) is 36.4 Å². The quantitative estimate of drug-likeness (QED) is 0.867. The number of aromatic nitrogens is 4. The zero-order valence-corrected chi connectivity index (χ0v) is 15.1. The number of nitrogens with zero attached hydrogens (tertiary/aromatic N) is 5. The molecule has 0 bridgehead atoms. The number of carbonyl (C=O) groups is 2. The van der Waals surface area contributed by atoms with Crippen LogP contribution in [-0.2, 0) is 18.9 Å². The minimum Gasteiger partial charge on any atom is -0.350 e. The molecular weight excluding hydrogens is 332 g/mol. The van der Waals surface area contributed by atoms with Crippen LogP contribution < -0.4 is 5.32 Å². The number of rotatable bonds is 5. The second-order valence-electron chi connectivity index (χ2n) is 7.27. The predicted octanol–water partition coefficient (Wildman–Crippen LogP) is 1.03. The molecule has 2 aromatic heterocycles. The first-order valence-corrected chi connectivity index (χ1v) is 9.09. The van der Waals surface area contributed by atoms with E-state index < -0.39 is 0 Å². The zero-order chi connectivity index (χ0) is 18.3. The van der Waals surface area contributed by atoms with Gasteiger partial charge in [-0.25, -0.2) is 9.97 Å². The first kappa shape index (κ1) is 16.8. The first-order valence-electron chi connectivity index (χ1n) is 9.09. The number of aryl methyl sites for hydroxylation is 2. The van der Waals surface area contributed by atoms with Crippen molar-refractivity contribution in [3.63, 3.8) is 0 Å². The molecule has 2 fully saturated rings. The highest BCUT2D eigenvalue weighted by Crippen LogP contribution is 2.42. The van der Waals surface area contributed by atoms with E-state index in [1.807, 2.05) is 22.7 Å². The molecule has 138 valence electrons. The number of piperidine rings is 1. The van der Waals surface area contributed by atoms with Crippen molar-refractivity contribution in [1.82, 2.24) is 29.3 Å². The van der Waals surface area contributed by atoms with Gasteiger partial charge in [-0.15, -0.1) is 0 Å². The average Bonchev–Trinajstić information content (AvgIpc) is 3.23. The van der Waals surface area contributed by atoms with Gasteiger partial charge in [-0.05, 0) is 19.3 Å². The fourth-order valence-corrected chi connectivity index (χ4v) is 3.86. The molecule has 2 aromatic rings. The Kier molecular flexibility index (Phi) is 4.26. The van der Waals surface area contributed by atoms with Crippen molar-refractivity contribution in [2.24, 2.45) is 20.0 Å². The van der Waals surface area contributed by atoms with Crippen molar-refractivity contribution in [1.29, 1.82) is 0 Å². The predicted molar refractivity (Wildman–Crippen MR) is 94.1 cm³/mol. The van der Waals surface area contributed by atoms with Crippen molar-refractivity contribution in [2.45, 2.75) is 37.8 Å². The molecule has 4 rings (SSSR count). The van der Waals surface area contributed by atoms with Gasteiger partial charge in [0.15, 0.2) is 0 Å². The highest BCUT2D eigenvalue weighted by atomic mass is 16.2. The van der Waals surface area contributed by atoms with Crippen LogP contribution in [0.4, 0.5) is 0 Å². The van der Waals surface area contributed by atoms with Gasteiger partial charge in [0.25, 0.3) is 5.91 Å². The second kappa shape index (κ2) is 6.59. The van der Waals surface area contributed by atoms with Crippen LogP contribution in [0.3, 0.4) is 0 Å². The Hall–Kier alpha value is -2.64. The van der Waals surface area contributed by atoms with Crippen LogP contribution in [0, 0.1) is 5.92 Å². The third-order valence-electron chi connectivity index (χ3n) is 5.40. The lowest BCUT2D eigenvalue weighted by molar-refractivity contribution is -0.140. The zero-order valence-electron chi connectivity index (χ0n) is 15.1. The molecule has 1 saturated heterocycles. The van der Waals surface area contributed by atoms with Gasteiger partial charge in [-0.1, -0.05) is 0 Å². The number of carbonyl (C=O) groups excluding carboxylic acids is 2. The van der Waals surface area contributed by atoms with E-state index in [1.165, 1.54) is 0 Å². The van der Waals surface area contributed by atoms with E-state index in [4.69, 9.17) is 0 Å². The maximum Gasteiger partial charge on any atom is 0.269 e. The molecule has 1 saturated carbocycles. The van der Waals surface area contributed by atoms with E-state index in [2.05, 4.69) is 15.3 Å². The molecule has 2 aliphatic rings. The molecule has 2 atom stereocenters. The SMILES string of the molecule is Cn1cncc1C(=O)NC[C@H]1CCC(=O)N(C2CC2)[C@@H]1c1nccn1C. The molecular formula is C18H24N6O2. The van der Waals surface area contributed by atoms with Gasteiger partial charge in [0, 0.05) is 51.4 Å². The standard InChI is InChI=1S/C18H24N6O2/c1-22-8-7-20-17(22)16-12(3-6-15(25)24(16)13-4-5-13)9-21-18(26)14-10-19-11-23(14)2/h7-8,10-13,16H,3-6,9H2,1-2H3,(H,21,26)/t12-,16+/m1/s1. The van der Waals surface area contributed by atoms with Gasteiger partial charge < -0.3 is 19.4 Å². The smallest absolute Gasteiger partial charge is 0.269 e. The Bertz CT molecular complexity index is 821. The Morgan fingerprint density at radius 2 is 2.08 bits per heavy atom. The third-order valence-corrected chi connectivity index (χ3v) is 5.40. The van der Waals surface area contributed by atoms with Crippen molar-refractivity contribution in [2.75, 3.05) is 6.54 Å². The topological polar surface area (TPSA) is 85.1 Å². The molecule has 1 aliphatic heterocycles. The van der Waals surface area contributed by atoms with E-state index in [0.717, 1.165) is 25.1 Å². The highest BCUT2D eigenvalue weighted by Gasteiger charge is 2.45. The Labute approximate surface area is 152 Å². The molecule has 0 spiro atoms.